The van der Waals surface area contributed by atoms with Crippen LogP contribution in [0.2, 0.25) is 15.1 Å². The number of hydrogen-bond donors (Lipinski definition) is 0. The zero-order valence-corrected chi connectivity index (χ0v) is 14.8. The second-order valence-electron chi connectivity index (χ2n) is 5.07. The summed E-state index contributed by atoms with van der Waals surface area (Å²) in [6.07, 6.45) is 0. The minimum absolute atomic E-state index is 0.408. The van der Waals surface area contributed by atoms with Gasteiger partial charge in [-0.05, 0) is 48.0 Å². The maximum Gasteiger partial charge on any atom is 0.138 e. The average molecular weight is 380 g/mol. The molecule has 0 unspecified atom stereocenters. The first-order chi connectivity index (χ1) is 11.6. The Kier molecular flexibility index (Phi) is 5.52. The second-order valence-corrected chi connectivity index (χ2v) is 6.35. The van der Waals surface area contributed by atoms with Gasteiger partial charge in [-0.15, -0.1) is 0 Å². The first-order valence-corrected chi connectivity index (χ1v) is 8.34. The molecule has 3 aromatic carbocycles. The van der Waals surface area contributed by atoms with Gasteiger partial charge in [0, 0.05) is 16.1 Å². The molecular weight excluding hydrogens is 367 g/mol. The molecule has 0 aromatic heterocycles. The third kappa shape index (κ3) is 4.57. The lowest BCUT2D eigenvalue weighted by molar-refractivity contribution is 0.306. The van der Waals surface area contributed by atoms with E-state index in [2.05, 4.69) is 0 Å². The predicted octanol–water partition coefficient (Wildman–Crippen LogP) is 7.02. The number of hydrogen-bond acceptors (Lipinski definition) is 2. The van der Waals surface area contributed by atoms with Gasteiger partial charge in [-0.1, -0.05) is 53.0 Å². The van der Waals surface area contributed by atoms with E-state index < -0.39 is 0 Å². The molecule has 0 amide bonds. The molecular formula is C19H13Cl3O2. The van der Waals surface area contributed by atoms with Crippen LogP contribution in [-0.2, 0) is 6.61 Å². The molecule has 5 heteroatoms. The SMILES string of the molecule is Clc1ccc(COc2ccc(Oc3cccc(Cl)c3)cc2Cl)cc1. The highest BCUT2D eigenvalue weighted by Gasteiger charge is 2.06. The highest BCUT2D eigenvalue weighted by molar-refractivity contribution is 6.32. The third-order valence-electron chi connectivity index (χ3n) is 3.24. The van der Waals surface area contributed by atoms with Gasteiger partial charge in [-0.3, -0.25) is 0 Å². The molecule has 0 aliphatic rings. The van der Waals surface area contributed by atoms with Crippen molar-refractivity contribution < 1.29 is 9.47 Å². The highest BCUT2D eigenvalue weighted by Crippen LogP contribution is 2.32. The van der Waals surface area contributed by atoms with Crippen molar-refractivity contribution in [2.24, 2.45) is 0 Å². The number of ether oxygens (including phenoxy) is 2. The topological polar surface area (TPSA) is 18.5 Å². The van der Waals surface area contributed by atoms with Crippen LogP contribution >= 0.6 is 34.8 Å². The van der Waals surface area contributed by atoms with Crippen LogP contribution in [0, 0.1) is 0 Å². The third-order valence-corrected chi connectivity index (χ3v) is 4.03. The predicted molar refractivity (Wildman–Crippen MR) is 98.8 cm³/mol. The molecule has 0 heterocycles. The summed E-state index contributed by atoms with van der Waals surface area (Å²) in [6, 6.07) is 19.9. The van der Waals surface area contributed by atoms with Gasteiger partial charge in [-0.25, -0.2) is 0 Å². The molecule has 2 nitrogen and oxygen atoms in total. The number of rotatable bonds is 5. The van der Waals surface area contributed by atoms with Gasteiger partial charge in [0.15, 0.2) is 0 Å². The molecule has 0 aliphatic heterocycles. The van der Waals surface area contributed by atoms with E-state index in [-0.39, 0.29) is 0 Å². The van der Waals surface area contributed by atoms with E-state index in [0.717, 1.165) is 5.56 Å². The monoisotopic (exact) mass is 378 g/mol. The van der Waals surface area contributed by atoms with Crippen LogP contribution in [0.3, 0.4) is 0 Å². The summed E-state index contributed by atoms with van der Waals surface area (Å²) in [6.45, 7) is 0.408. The van der Waals surface area contributed by atoms with Crippen molar-refractivity contribution in [3.63, 3.8) is 0 Å². The van der Waals surface area contributed by atoms with E-state index in [4.69, 9.17) is 44.3 Å². The van der Waals surface area contributed by atoms with Crippen LogP contribution in [0.4, 0.5) is 0 Å². The zero-order chi connectivity index (χ0) is 16.9. The van der Waals surface area contributed by atoms with Crippen molar-refractivity contribution in [1.82, 2.24) is 0 Å². The molecule has 0 spiro atoms. The minimum Gasteiger partial charge on any atom is -0.487 e. The van der Waals surface area contributed by atoms with Crippen molar-refractivity contribution in [1.29, 1.82) is 0 Å². The normalized spacial score (nSPS) is 10.5. The van der Waals surface area contributed by atoms with E-state index in [0.29, 0.717) is 38.9 Å². The fourth-order valence-corrected chi connectivity index (χ4v) is 2.60. The summed E-state index contributed by atoms with van der Waals surface area (Å²) in [5.41, 5.74) is 1.01. The van der Waals surface area contributed by atoms with Crippen LogP contribution in [0.1, 0.15) is 5.56 Å². The van der Waals surface area contributed by atoms with Crippen LogP contribution < -0.4 is 9.47 Å². The van der Waals surface area contributed by atoms with E-state index in [1.165, 1.54) is 0 Å². The van der Waals surface area contributed by atoms with Crippen molar-refractivity contribution in [2.75, 3.05) is 0 Å². The van der Waals surface area contributed by atoms with Gasteiger partial charge in [0.2, 0.25) is 0 Å². The molecule has 122 valence electrons. The Morgan fingerprint density at radius 3 is 2.17 bits per heavy atom. The number of benzene rings is 3. The highest BCUT2D eigenvalue weighted by atomic mass is 35.5. The van der Waals surface area contributed by atoms with E-state index in [1.54, 1.807) is 30.3 Å². The van der Waals surface area contributed by atoms with Crippen molar-refractivity contribution in [3.05, 3.63) is 87.4 Å². The molecule has 0 aliphatic carbocycles. The zero-order valence-electron chi connectivity index (χ0n) is 12.5. The van der Waals surface area contributed by atoms with Crippen LogP contribution in [0.5, 0.6) is 17.2 Å². The second kappa shape index (κ2) is 7.80. The summed E-state index contributed by atoms with van der Waals surface area (Å²) in [7, 11) is 0. The lowest BCUT2D eigenvalue weighted by atomic mass is 10.2. The van der Waals surface area contributed by atoms with Gasteiger partial charge in [0.1, 0.15) is 23.9 Å². The molecule has 0 N–H and O–H groups in total. The lowest BCUT2D eigenvalue weighted by Crippen LogP contribution is -1.96. The lowest BCUT2D eigenvalue weighted by Gasteiger charge is -2.11. The molecule has 0 saturated heterocycles. The summed E-state index contributed by atoms with van der Waals surface area (Å²) in [5.74, 6) is 1.85. The van der Waals surface area contributed by atoms with Crippen molar-refractivity contribution in [3.8, 4) is 17.2 Å². The Morgan fingerprint density at radius 2 is 1.46 bits per heavy atom. The maximum absolute atomic E-state index is 6.27. The molecule has 3 aromatic rings. The van der Waals surface area contributed by atoms with E-state index in [1.807, 2.05) is 36.4 Å². The fourth-order valence-electron chi connectivity index (χ4n) is 2.07. The Morgan fingerprint density at radius 1 is 0.708 bits per heavy atom. The summed E-state index contributed by atoms with van der Waals surface area (Å²) in [5, 5.41) is 1.78. The Hall–Kier alpha value is -1.87. The first-order valence-electron chi connectivity index (χ1n) is 7.20. The molecule has 0 bridgehead atoms. The molecule has 24 heavy (non-hydrogen) atoms. The average Bonchev–Trinajstić information content (AvgIpc) is 2.56. The van der Waals surface area contributed by atoms with E-state index in [9.17, 15) is 0 Å². The van der Waals surface area contributed by atoms with Gasteiger partial charge in [0.05, 0.1) is 5.02 Å². The smallest absolute Gasteiger partial charge is 0.138 e. The van der Waals surface area contributed by atoms with Gasteiger partial charge < -0.3 is 9.47 Å². The molecule has 0 saturated carbocycles. The Labute approximate surface area is 155 Å². The van der Waals surface area contributed by atoms with Crippen LogP contribution in [0.25, 0.3) is 0 Å². The number of halogens is 3. The van der Waals surface area contributed by atoms with Gasteiger partial charge in [0.25, 0.3) is 0 Å². The molecule has 0 radical (unpaired) electrons. The Bertz CT molecular complexity index is 832. The summed E-state index contributed by atoms with van der Waals surface area (Å²) in [4.78, 5) is 0. The van der Waals surface area contributed by atoms with Crippen LogP contribution in [-0.4, -0.2) is 0 Å². The summed E-state index contributed by atoms with van der Waals surface area (Å²) < 4.78 is 11.5. The van der Waals surface area contributed by atoms with Crippen LogP contribution in [0.15, 0.2) is 66.7 Å². The Balaban J connectivity index is 1.67. The van der Waals surface area contributed by atoms with Crippen molar-refractivity contribution >= 4 is 34.8 Å². The largest absolute Gasteiger partial charge is 0.487 e. The fraction of sp³-hybridized carbons (Fsp3) is 0.0526. The minimum atomic E-state index is 0.408. The molecule has 0 fully saturated rings. The standard InChI is InChI=1S/C19H13Cl3O2/c20-14-6-4-13(5-7-14)12-23-19-9-8-17(11-18(19)22)24-16-3-1-2-15(21)10-16/h1-11H,12H2. The maximum atomic E-state index is 6.27. The molecule has 3 rings (SSSR count). The summed E-state index contributed by atoms with van der Waals surface area (Å²) >= 11 is 18.1. The quantitative estimate of drug-likeness (QED) is 0.474. The molecule has 0 atom stereocenters. The van der Waals surface area contributed by atoms with Gasteiger partial charge >= 0.3 is 0 Å². The van der Waals surface area contributed by atoms with Crippen molar-refractivity contribution in [2.45, 2.75) is 6.61 Å². The van der Waals surface area contributed by atoms with E-state index >= 15 is 0 Å². The first kappa shape index (κ1) is 17.0. The van der Waals surface area contributed by atoms with Gasteiger partial charge in [-0.2, -0.15) is 0 Å².